The van der Waals surface area contributed by atoms with Crippen LogP contribution in [-0.4, -0.2) is 32.8 Å². The summed E-state index contributed by atoms with van der Waals surface area (Å²) < 4.78 is 2.28. The second-order valence-electron chi connectivity index (χ2n) is 5.65. The van der Waals surface area contributed by atoms with Crippen molar-refractivity contribution in [3.63, 3.8) is 0 Å². The lowest BCUT2D eigenvalue weighted by Gasteiger charge is -2.21. The number of aryl methyl sites for hydroxylation is 1. The molecule has 4 heteroatoms. The molecular weight excluding hydrogens is 244 g/mol. The van der Waals surface area contributed by atoms with Crippen molar-refractivity contribution >= 4 is 11.8 Å². The van der Waals surface area contributed by atoms with Gasteiger partial charge in [-0.15, -0.1) is 0 Å². The summed E-state index contributed by atoms with van der Waals surface area (Å²) in [5.41, 5.74) is 1.28. The molecule has 0 amide bonds. The van der Waals surface area contributed by atoms with Crippen molar-refractivity contribution in [1.82, 2.24) is 9.55 Å². The Labute approximate surface area is 113 Å². The van der Waals surface area contributed by atoms with Crippen LogP contribution in [0.3, 0.4) is 0 Å². The van der Waals surface area contributed by atoms with E-state index >= 15 is 0 Å². The highest BCUT2D eigenvalue weighted by Gasteiger charge is 2.21. The van der Waals surface area contributed by atoms with E-state index in [4.69, 9.17) is 4.98 Å². The molecule has 0 bridgehead atoms. The number of nitrogens with zero attached hydrogens (tertiary/aromatic N) is 2. The molecule has 3 rings (SSSR count). The maximum Gasteiger partial charge on any atom is 0.108 e. The number of rotatable bonds is 3. The SMILES string of the molecule is OCC1CCc2nc(CC3CCSCC3)cn2C1. The largest absolute Gasteiger partial charge is 0.396 e. The first kappa shape index (κ1) is 12.5. The second-order valence-corrected chi connectivity index (χ2v) is 6.87. The molecule has 18 heavy (non-hydrogen) atoms. The summed E-state index contributed by atoms with van der Waals surface area (Å²) in [4.78, 5) is 4.79. The monoisotopic (exact) mass is 266 g/mol. The molecule has 0 spiro atoms. The number of fused-ring (bicyclic) bond motifs is 1. The van der Waals surface area contributed by atoms with E-state index in [0.29, 0.717) is 12.5 Å². The molecule has 100 valence electrons. The Kier molecular flexibility index (Phi) is 3.94. The zero-order chi connectivity index (χ0) is 12.4. The first-order chi connectivity index (χ1) is 8.85. The van der Waals surface area contributed by atoms with Gasteiger partial charge in [0.2, 0.25) is 0 Å². The third-order valence-electron chi connectivity index (χ3n) is 4.24. The normalized spacial score (nSPS) is 25.1. The van der Waals surface area contributed by atoms with Gasteiger partial charge in [-0.2, -0.15) is 11.8 Å². The van der Waals surface area contributed by atoms with Crippen LogP contribution in [0.1, 0.15) is 30.8 Å². The van der Waals surface area contributed by atoms with Crippen LogP contribution in [0.15, 0.2) is 6.20 Å². The molecule has 1 aromatic rings. The molecule has 3 nitrogen and oxygen atoms in total. The summed E-state index contributed by atoms with van der Waals surface area (Å²) in [5, 5.41) is 9.25. The Morgan fingerprint density at radius 2 is 2.11 bits per heavy atom. The van der Waals surface area contributed by atoms with Gasteiger partial charge in [-0.1, -0.05) is 0 Å². The van der Waals surface area contributed by atoms with Crippen LogP contribution in [-0.2, 0) is 19.4 Å². The fourth-order valence-corrected chi connectivity index (χ4v) is 4.27. The maximum absolute atomic E-state index is 9.25. The molecule has 2 aliphatic heterocycles. The van der Waals surface area contributed by atoms with Gasteiger partial charge >= 0.3 is 0 Å². The molecule has 1 atom stereocenters. The molecule has 0 aromatic carbocycles. The highest BCUT2D eigenvalue weighted by molar-refractivity contribution is 7.99. The standard InChI is InChI=1S/C14H22N2OS/c17-10-12-1-2-14-15-13(9-16(14)8-12)7-11-3-5-18-6-4-11/h9,11-12,17H,1-8,10H2. The van der Waals surface area contributed by atoms with E-state index in [0.717, 1.165) is 31.7 Å². The number of hydrogen-bond acceptors (Lipinski definition) is 3. The Hall–Kier alpha value is -0.480. The van der Waals surface area contributed by atoms with E-state index in [2.05, 4.69) is 22.5 Å². The van der Waals surface area contributed by atoms with Gasteiger partial charge in [-0.3, -0.25) is 0 Å². The Balaban J connectivity index is 1.65. The Morgan fingerprint density at radius 1 is 1.28 bits per heavy atom. The van der Waals surface area contributed by atoms with Gasteiger partial charge in [-0.25, -0.2) is 4.98 Å². The van der Waals surface area contributed by atoms with Gasteiger partial charge in [0, 0.05) is 31.7 Å². The number of thioether (sulfide) groups is 1. The molecule has 0 saturated carbocycles. The van der Waals surface area contributed by atoms with Crippen molar-refractivity contribution in [2.24, 2.45) is 11.8 Å². The molecule has 1 N–H and O–H groups in total. The van der Waals surface area contributed by atoms with Gasteiger partial charge in [0.15, 0.2) is 0 Å². The van der Waals surface area contributed by atoms with E-state index in [1.165, 1.54) is 35.9 Å². The summed E-state index contributed by atoms with van der Waals surface area (Å²) >= 11 is 2.09. The third kappa shape index (κ3) is 2.75. The van der Waals surface area contributed by atoms with Crippen LogP contribution in [0.4, 0.5) is 0 Å². The van der Waals surface area contributed by atoms with Gasteiger partial charge in [0.05, 0.1) is 5.69 Å². The predicted molar refractivity (Wildman–Crippen MR) is 74.9 cm³/mol. The quantitative estimate of drug-likeness (QED) is 0.910. The van der Waals surface area contributed by atoms with Crippen molar-refractivity contribution in [3.05, 3.63) is 17.7 Å². The molecule has 1 saturated heterocycles. The van der Waals surface area contributed by atoms with Crippen molar-refractivity contribution in [1.29, 1.82) is 0 Å². The lowest BCUT2D eigenvalue weighted by Crippen LogP contribution is -2.22. The lowest BCUT2D eigenvalue weighted by atomic mass is 9.97. The van der Waals surface area contributed by atoms with Crippen LogP contribution in [0.2, 0.25) is 0 Å². The summed E-state index contributed by atoms with van der Waals surface area (Å²) in [5.74, 6) is 5.16. The number of aromatic nitrogens is 2. The third-order valence-corrected chi connectivity index (χ3v) is 5.29. The second kappa shape index (κ2) is 5.66. The molecule has 0 radical (unpaired) electrons. The fraction of sp³-hybridized carbons (Fsp3) is 0.786. The average Bonchev–Trinajstić information content (AvgIpc) is 2.80. The van der Waals surface area contributed by atoms with Crippen LogP contribution in [0.5, 0.6) is 0 Å². The van der Waals surface area contributed by atoms with Crippen LogP contribution >= 0.6 is 11.8 Å². The van der Waals surface area contributed by atoms with Gasteiger partial charge in [-0.05, 0) is 43.1 Å². The van der Waals surface area contributed by atoms with Gasteiger partial charge in [0.1, 0.15) is 5.82 Å². The molecule has 2 aliphatic rings. The maximum atomic E-state index is 9.25. The van der Waals surface area contributed by atoms with Gasteiger partial charge in [0.25, 0.3) is 0 Å². The first-order valence-electron chi connectivity index (χ1n) is 7.08. The van der Waals surface area contributed by atoms with Crippen LogP contribution in [0, 0.1) is 11.8 Å². The molecule has 3 heterocycles. The average molecular weight is 266 g/mol. The van der Waals surface area contributed by atoms with Crippen LogP contribution in [0.25, 0.3) is 0 Å². The molecule has 1 unspecified atom stereocenters. The molecule has 0 aliphatic carbocycles. The number of hydrogen-bond donors (Lipinski definition) is 1. The van der Waals surface area contributed by atoms with Crippen molar-refractivity contribution in [3.8, 4) is 0 Å². The minimum Gasteiger partial charge on any atom is -0.396 e. The van der Waals surface area contributed by atoms with Crippen LogP contribution < -0.4 is 0 Å². The Bertz CT molecular complexity index is 398. The van der Waals surface area contributed by atoms with Crippen molar-refractivity contribution < 1.29 is 5.11 Å². The van der Waals surface area contributed by atoms with E-state index < -0.39 is 0 Å². The topological polar surface area (TPSA) is 38.1 Å². The minimum atomic E-state index is 0.312. The van der Waals surface area contributed by atoms with E-state index in [9.17, 15) is 5.11 Å². The zero-order valence-corrected chi connectivity index (χ0v) is 11.7. The zero-order valence-electron chi connectivity index (χ0n) is 10.8. The van der Waals surface area contributed by atoms with E-state index in [1.807, 2.05) is 0 Å². The predicted octanol–water partition coefficient (Wildman–Crippen LogP) is 2.12. The van der Waals surface area contributed by atoms with Gasteiger partial charge < -0.3 is 9.67 Å². The highest BCUT2D eigenvalue weighted by atomic mass is 32.2. The molecule has 1 aromatic heterocycles. The summed E-state index contributed by atoms with van der Waals surface area (Å²) in [6.45, 7) is 1.27. The smallest absolute Gasteiger partial charge is 0.108 e. The lowest BCUT2D eigenvalue weighted by molar-refractivity contribution is 0.190. The summed E-state index contributed by atoms with van der Waals surface area (Å²) in [6, 6.07) is 0. The van der Waals surface area contributed by atoms with E-state index in [-0.39, 0.29) is 0 Å². The molecular formula is C14H22N2OS. The van der Waals surface area contributed by atoms with Crippen molar-refractivity contribution in [2.45, 2.75) is 38.6 Å². The fourth-order valence-electron chi connectivity index (χ4n) is 3.07. The number of aliphatic hydroxyl groups is 1. The summed E-state index contributed by atoms with van der Waals surface area (Å²) in [6.07, 6.45) is 8.22. The summed E-state index contributed by atoms with van der Waals surface area (Å²) in [7, 11) is 0. The highest BCUT2D eigenvalue weighted by Crippen LogP contribution is 2.27. The van der Waals surface area contributed by atoms with E-state index in [1.54, 1.807) is 0 Å². The molecule has 1 fully saturated rings. The number of imidazole rings is 1. The van der Waals surface area contributed by atoms with Crippen molar-refractivity contribution in [2.75, 3.05) is 18.1 Å². The Morgan fingerprint density at radius 3 is 2.89 bits per heavy atom. The number of aliphatic hydroxyl groups excluding tert-OH is 1. The minimum absolute atomic E-state index is 0.312. The first-order valence-corrected chi connectivity index (χ1v) is 8.24.